The number of phenolic OH excluding ortho intramolecular Hbond substituents is 3. The Balaban J connectivity index is 1.61. The molecular weight excluding hydrogens is 931 g/mol. The molecule has 69 heavy (non-hydrogen) atoms. The molecule has 12 bridgehead atoms. The number of benzene rings is 4. The molecule has 2 unspecified atom stereocenters. The molecule has 4 aromatic carbocycles. The number of methoxy groups -OCH3 is 3. The van der Waals surface area contributed by atoms with Crippen LogP contribution in [0.3, 0.4) is 0 Å². The molecule has 8 rings (SSSR count). The number of ether oxygens (including phenoxy) is 3. The second kappa shape index (κ2) is 23.2. The zero-order valence-electron chi connectivity index (χ0n) is 41.7. The van der Waals surface area contributed by atoms with E-state index >= 15 is 0 Å². The largest absolute Gasteiger partial charge is 0.507 e. The maximum atomic E-state index is 14.3. The molecule has 0 fully saturated rings. The van der Waals surface area contributed by atoms with Gasteiger partial charge < -0.3 is 29.5 Å². The van der Waals surface area contributed by atoms with Gasteiger partial charge in [0.05, 0.1) is 21.3 Å². The first-order valence-corrected chi connectivity index (χ1v) is 27.4. The highest BCUT2D eigenvalue weighted by Crippen LogP contribution is 2.41. The Kier molecular flexibility index (Phi) is 17.7. The molecule has 372 valence electrons. The van der Waals surface area contributed by atoms with Crippen LogP contribution in [0.2, 0.25) is 0 Å². The van der Waals surface area contributed by atoms with Crippen LogP contribution in [0.5, 0.6) is 17.2 Å². The Morgan fingerprint density at radius 1 is 0.464 bits per heavy atom. The monoisotopic (exact) mass is 999 g/mol. The summed E-state index contributed by atoms with van der Waals surface area (Å²) in [7, 11) is 4.20. The Hall–Kier alpha value is -4.38. The highest BCUT2D eigenvalue weighted by molar-refractivity contribution is 7.99. The molecule has 3 N–H and O–H groups in total. The number of phenols is 3. The van der Waals surface area contributed by atoms with Gasteiger partial charge in [-0.1, -0.05) is 73.9 Å². The highest BCUT2D eigenvalue weighted by Gasteiger charge is 2.35. The van der Waals surface area contributed by atoms with Gasteiger partial charge in [0.2, 0.25) is 0 Å². The van der Waals surface area contributed by atoms with Crippen LogP contribution in [0.25, 0.3) is 0 Å². The number of hydrogen-bond donors (Lipinski definition) is 3. The molecule has 0 aliphatic carbocycles. The molecule has 0 spiro atoms. The number of carbonyl (C=O) groups is 3. The van der Waals surface area contributed by atoms with Crippen molar-refractivity contribution in [2.45, 2.75) is 135 Å². The smallest absolute Gasteiger partial charge is 0.323 e. The lowest BCUT2D eigenvalue weighted by Gasteiger charge is -2.34. The first-order chi connectivity index (χ1) is 33.1. The van der Waals surface area contributed by atoms with E-state index in [1.165, 1.54) is 54.7 Å². The van der Waals surface area contributed by atoms with Crippen LogP contribution in [-0.2, 0) is 104 Å². The Morgan fingerprint density at radius 2 is 0.681 bits per heavy atom. The van der Waals surface area contributed by atoms with Crippen LogP contribution in [0, 0.1) is 20.8 Å². The predicted molar refractivity (Wildman–Crippen MR) is 277 cm³/mol. The normalized spacial score (nSPS) is 22.2. The summed E-state index contributed by atoms with van der Waals surface area (Å²) in [6, 6.07) is 9.15. The molecule has 4 aromatic rings. The third-order valence-electron chi connectivity index (χ3n) is 14.0. The summed E-state index contributed by atoms with van der Waals surface area (Å²) in [5.74, 6) is 1.84. The molecule has 0 saturated carbocycles. The van der Waals surface area contributed by atoms with Crippen LogP contribution in [0.15, 0.2) is 36.4 Å². The van der Waals surface area contributed by atoms with Crippen molar-refractivity contribution in [2.75, 3.05) is 38.6 Å². The van der Waals surface area contributed by atoms with Gasteiger partial charge in [-0.15, -0.1) is 0 Å². The topological polar surface area (TPSA) is 149 Å². The molecule has 4 heterocycles. The van der Waals surface area contributed by atoms with Crippen molar-refractivity contribution in [2.24, 2.45) is 0 Å². The number of carbonyl (C=O) groups excluding carboxylic acids is 3. The van der Waals surface area contributed by atoms with E-state index in [0.29, 0.717) is 67.9 Å². The average Bonchev–Trinajstić information content (AvgIpc) is 3.32. The Morgan fingerprint density at radius 3 is 0.870 bits per heavy atom. The lowest BCUT2D eigenvalue weighted by molar-refractivity contribution is -0.147. The van der Waals surface area contributed by atoms with E-state index in [9.17, 15) is 29.7 Å². The molecule has 0 saturated heterocycles. The Labute approximate surface area is 420 Å². The fourth-order valence-electron chi connectivity index (χ4n) is 10.8. The van der Waals surface area contributed by atoms with Crippen LogP contribution >= 0.6 is 35.3 Å². The maximum absolute atomic E-state index is 14.3. The Bertz CT molecular complexity index is 2190. The minimum Gasteiger partial charge on any atom is -0.507 e. The van der Waals surface area contributed by atoms with E-state index in [1.54, 1.807) is 35.3 Å². The van der Waals surface area contributed by atoms with Gasteiger partial charge in [0.15, 0.2) is 0 Å². The van der Waals surface area contributed by atoms with E-state index in [4.69, 9.17) is 14.2 Å². The van der Waals surface area contributed by atoms with Crippen molar-refractivity contribution in [3.05, 3.63) is 120 Å². The molecule has 12 nitrogen and oxygen atoms in total. The molecule has 4 aliphatic rings. The van der Waals surface area contributed by atoms with E-state index in [2.05, 4.69) is 20.8 Å². The number of thioether (sulfide) groups is 3. The van der Waals surface area contributed by atoms with Gasteiger partial charge in [-0.2, -0.15) is 35.3 Å². The van der Waals surface area contributed by atoms with Gasteiger partial charge in [0.25, 0.3) is 0 Å². The molecule has 0 amide bonds. The van der Waals surface area contributed by atoms with Gasteiger partial charge in [-0.25, -0.2) is 0 Å². The van der Waals surface area contributed by atoms with Gasteiger partial charge in [0, 0.05) is 107 Å². The second-order valence-corrected chi connectivity index (χ2v) is 21.7. The quantitative estimate of drug-likeness (QED) is 0.125. The number of hydrogen-bond acceptors (Lipinski definition) is 15. The van der Waals surface area contributed by atoms with E-state index in [0.717, 1.165) is 36.0 Å². The molecule has 15 heteroatoms. The summed E-state index contributed by atoms with van der Waals surface area (Å²) >= 11 is 5.05. The fraction of sp³-hybridized carbons (Fsp3) is 0.500. The molecule has 0 radical (unpaired) electrons. The van der Waals surface area contributed by atoms with Crippen molar-refractivity contribution in [3.8, 4) is 17.2 Å². The van der Waals surface area contributed by atoms with E-state index in [-0.39, 0.29) is 56.5 Å². The highest BCUT2D eigenvalue weighted by atomic mass is 32.2. The summed E-state index contributed by atoms with van der Waals surface area (Å²) < 4.78 is 16.8. The summed E-state index contributed by atoms with van der Waals surface area (Å²) in [5.41, 5.74) is 13.6. The predicted octanol–water partition coefficient (Wildman–Crippen LogP) is 8.79. The first kappa shape index (κ1) is 52.4. The van der Waals surface area contributed by atoms with Crippen LogP contribution in [0.4, 0.5) is 0 Å². The van der Waals surface area contributed by atoms with Crippen molar-refractivity contribution in [1.29, 1.82) is 0 Å². The van der Waals surface area contributed by atoms with Crippen molar-refractivity contribution in [1.82, 2.24) is 14.7 Å². The van der Waals surface area contributed by atoms with Crippen LogP contribution < -0.4 is 0 Å². The lowest BCUT2D eigenvalue weighted by Crippen LogP contribution is -2.44. The number of nitrogens with zero attached hydrogens (tertiary/aromatic N) is 3. The molecule has 0 aromatic heterocycles. The van der Waals surface area contributed by atoms with Gasteiger partial charge in [0.1, 0.15) is 35.4 Å². The summed E-state index contributed by atoms with van der Waals surface area (Å²) in [4.78, 5) is 48.9. The minimum absolute atomic E-state index is 0.0285. The van der Waals surface area contributed by atoms with Crippen molar-refractivity contribution < 1.29 is 43.9 Å². The number of fused-ring (bicyclic) bond motifs is 9. The SMILES string of the molecule is CCc1c2c(CC)c3c(CC)c1CSC[C@@H](C(=O)OC)N1Cc4cc(C)cc(c4O)CN(Cc4cc(C)cc(c4O)CN(Cc4cc(C)cc(c4O)C1)[C@H](C(=O)OC)CSC3)[C@@H](C(=O)OC)CSC2. The fourth-order valence-corrected chi connectivity index (χ4v) is 14.5. The zero-order valence-corrected chi connectivity index (χ0v) is 44.1. The average molecular weight is 1000 g/mol. The van der Waals surface area contributed by atoms with Crippen molar-refractivity contribution in [3.63, 3.8) is 0 Å². The number of rotatable bonds is 6. The van der Waals surface area contributed by atoms with E-state index < -0.39 is 36.0 Å². The number of aromatic hydroxyl groups is 3. The maximum Gasteiger partial charge on any atom is 0.323 e. The third kappa shape index (κ3) is 11.4. The number of esters is 3. The van der Waals surface area contributed by atoms with Crippen molar-refractivity contribution >= 4 is 53.2 Å². The van der Waals surface area contributed by atoms with Crippen LogP contribution in [-0.4, -0.2) is 105 Å². The summed E-state index contributed by atoms with van der Waals surface area (Å²) in [6.07, 6.45) is 2.36. The van der Waals surface area contributed by atoms with Gasteiger partial charge >= 0.3 is 17.9 Å². The zero-order chi connectivity index (χ0) is 49.7. The van der Waals surface area contributed by atoms with Gasteiger partial charge in [-0.3, -0.25) is 29.1 Å². The molecule has 4 aliphatic heterocycles. The summed E-state index contributed by atoms with van der Waals surface area (Å²) in [5, 5.41) is 37.4. The number of aryl methyl sites for hydroxylation is 3. The first-order valence-electron chi connectivity index (χ1n) is 23.9. The molecular formula is C54H69N3O9S3. The lowest BCUT2D eigenvalue weighted by atomic mass is 9.85. The van der Waals surface area contributed by atoms with Gasteiger partial charge in [-0.05, 0) is 73.4 Å². The standard InChI is InChI=1S/C54H69N3O9S3/c1-10-40-43-25-67-28-46(52(61)64-7)55-19-34-13-31(4)14-35(49(34)58)20-56-22-37-16-33(6)18-39(51(37)60)24-57(23-38-17-32(5)15-36(21-55)50(38)59)48(54(63)66-9)30-69-27-45(41(43)11-2)42(12-3)44(40)26-68-29-47(56)53(62)65-8/h13-18,46-48,58-60H,10-12,19-30H2,1-9H3/t46-,47-,48+/m0/s1. The summed E-state index contributed by atoms with van der Waals surface area (Å²) in [6.45, 7) is 13.2. The minimum atomic E-state index is -0.790. The second-order valence-electron chi connectivity index (χ2n) is 18.6. The van der Waals surface area contributed by atoms with E-state index in [1.807, 2.05) is 71.9 Å². The van der Waals surface area contributed by atoms with Crippen LogP contribution in [0.1, 0.15) is 104 Å². The third-order valence-corrected chi connectivity index (χ3v) is 17.2. The molecule has 5 atom stereocenters.